The van der Waals surface area contributed by atoms with E-state index in [0.717, 1.165) is 11.2 Å². The minimum absolute atomic E-state index is 0.0472. The van der Waals surface area contributed by atoms with Gasteiger partial charge in [0.1, 0.15) is 11.2 Å². The molecule has 0 atom stereocenters. The van der Waals surface area contributed by atoms with Crippen LogP contribution in [0.3, 0.4) is 0 Å². The van der Waals surface area contributed by atoms with E-state index in [4.69, 9.17) is 4.42 Å². The molecule has 0 spiro atoms. The van der Waals surface area contributed by atoms with Gasteiger partial charge in [0.2, 0.25) is 0 Å². The van der Waals surface area contributed by atoms with Gasteiger partial charge in [-0.15, -0.1) is 0 Å². The van der Waals surface area contributed by atoms with E-state index in [0.29, 0.717) is 0 Å². The molecular weight excluding hydrogens is 679 g/mol. The maximum absolute atomic E-state index is 6.35. The van der Waals surface area contributed by atoms with E-state index < -0.39 is 0 Å². The van der Waals surface area contributed by atoms with Crippen LogP contribution in [0.2, 0.25) is 0 Å². The summed E-state index contributed by atoms with van der Waals surface area (Å²) in [6, 6.07) is 60.8. The summed E-state index contributed by atoms with van der Waals surface area (Å²) in [5, 5.41) is 4.94. The third-order valence-electron chi connectivity index (χ3n) is 13.2. The maximum Gasteiger partial charge on any atom is 0.135 e. The number of rotatable bonds is 3. The minimum Gasteiger partial charge on any atom is -0.456 e. The fourth-order valence-electron chi connectivity index (χ4n) is 10.4. The zero-order chi connectivity index (χ0) is 37.5. The van der Waals surface area contributed by atoms with Crippen LogP contribution in [-0.4, -0.2) is 4.57 Å². The molecule has 12 rings (SSSR count). The Morgan fingerprint density at radius 3 is 1.64 bits per heavy atom. The largest absolute Gasteiger partial charge is 0.456 e. The fraction of sp³-hybridized carbons (Fsp3) is 0.111. The summed E-state index contributed by atoms with van der Waals surface area (Å²) in [5.74, 6) is 0. The van der Waals surface area contributed by atoms with Crippen LogP contribution < -0.4 is 0 Å². The summed E-state index contributed by atoms with van der Waals surface area (Å²) in [6.45, 7) is 9.47. The Labute approximate surface area is 326 Å². The number of para-hydroxylation sites is 2. The molecule has 266 valence electrons. The molecule has 8 aromatic carbocycles. The first-order valence-electron chi connectivity index (χ1n) is 19.8. The molecule has 0 N–H and O–H groups in total. The first kappa shape index (κ1) is 31.7. The van der Waals surface area contributed by atoms with Gasteiger partial charge in [0.15, 0.2) is 0 Å². The van der Waals surface area contributed by atoms with Crippen LogP contribution in [0.25, 0.3) is 93.9 Å². The SMILES string of the molecule is CC1(C)c2ccccc2-c2ccc(-c3ccc4c(c3)c3cc(-c5ccc6c(c5)C(C)(C)c5c-6ccc6oc7ccccc7c56)ccc3n4-c3ccccc3)cc21. The number of benzene rings is 8. The molecule has 2 heteroatoms. The van der Waals surface area contributed by atoms with Gasteiger partial charge in [-0.05, 0) is 127 Å². The second-order valence-corrected chi connectivity index (χ2v) is 16.9. The third kappa shape index (κ3) is 4.16. The Hall–Kier alpha value is -6.64. The highest BCUT2D eigenvalue weighted by molar-refractivity contribution is 6.13. The highest BCUT2D eigenvalue weighted by atomic mass is 16.3. The lowest BCUT2D eigenvalue weighted by Crippen LogP contribution is -2.15. The number of aromatic nitrogens is 1. The highest BCUT2D eigenvalue weighted by Crippen LogP contribution is 2.54. The quantitative estimate of drug-likeness (QED) is 0.178. The molecule has 0 aliphatic heterocycles. The Kier molecular flexibility index (Phi) is 6.22. The predicted octanol–water partition coefficient (Wildman–Crippen LogP) is 14.6. The molecular formula is C54H39NO. The van der Waals surface area contributed by atoms with Gasteiger partial charge in [-0.25, -0.2) is 0 Å². The van der Waals surface area contributed by atoms with Gasteiger partial charge in [-0.3, -0.25) is 0 Å². The molecule has 0 amide bonds. The average Bonchev–Trinajstić information content (AvgIpc) is 3.91. The molecule has 10 aromatic rings. The molecule has 0 saturated carbocycles. The van der Waals surface area contributed by atoms with Crippen LogP contribution in [0, 0.1) is 0 Å². The molecule has 2 heterocycles. The second-order valence-electron chi connectivity index (χ2n) is 16.9. The van der Waals surface area contributed by atoms with Gasteiger partial charge in [-0.1, -0.05) is 131 Å². The Morgan fingerprint density at radius 1 is 0.393 bits per heavy atom. The summed E-state index contributed by atoms with van der Waals surface area (Å²) in [7, 11) is 0. The molecule has 0 saturated heterocycles. The van der Waals surface area contributed by atoms with Crippen molar-refractivity contribution >= 4 is 43.7 Å². The zero-order valence-electron chi connectivity index (χ0n) is 31.9. The monoisotopic (exact) mass is 717 g/mol. The van der Waals surface area contributed by atoms with Crippen LogP contribution >= 0.6 is 0 Å². The molecule has 0 bridgehead atoms. The highest BCUT2D eigenvalue weighted by Gasteiger charge is 2.39. The summed E-state index contributed by atoms with van der Waals surface area (Å²) < 4.78 is 8.77. The third-order valence-corrected chi connectivity index (χ3v) is 13.2. The summed E-state index contributed by atoms with van der Waals surface area (Å²) in [4.78, 5) is 0. The standard InChI is InChI=1S/C54H39NO/c1-53(2)44-16-10-8-14-37(44)38-22-18-34(30-45(38)53)32-20-25-47-42(28-32)43-29-33(21-26-48(43)55(47)36-12-6-5-7-13-36)35-19-23-39-40-24-27-50-51(41-15-9-11-17-49(41)56-50)52(40)54(3,4)46(39)31-35/h5-31H,1-4H3. The normalized spacial score (nSPS) is 14.7. The zero-order valence-corrected chi connectivity index (χ0v) is 31.9. The molecule has 2 nitrogen and oxygen atoms in total. The van der Waals surface area contributed by atoms with Gasteiger partial charge >= 0.3 is 0 Å². The molecule has 0 fully saturated rings. The van der Waals surface area contributed by atoms with Crippen molar-refractivity contribution in [3.63, 3.8) is 0 Å². The number of hydrogen-bond acceptors (Lipinski definition) is 1. The lowest BCUT2D eigenvalue weighted by Gasteiger charge is -2.23. The van der Waals surface area contributed by atoms with E-state index in [1.165, 1.54) is 105 Å². The van der Waals surface area contributed by atoms with Gasteiger partial charge in [0, 0.05) is 38.1 Å². The first-order chi connectivity index (χ1) is 27.3. The van der Waals surface area contributed by atoms with Crippen LogP contribution in [0.1, 0.15) is 49.9 Å². The smallest absolute Gasteiger partial charge is 0.135 e. The Balaban J connectivity index is 1.02. The lowest BCUT2D eigenvalue weighted by molar-refractivity contribution is 0.657. The van der Waals surface area contributed by atoms with Crippen molar-refractivity contribution in [2.75, 3.05) is 0 Å². The first-order valence-corrected chi connectivity index (χ1v) is 19.8. The van der Waals surface area contributed by atoms with Crippen molar-refractivity contribution in [2.24, 2.45) is 0 Å². The summed E-state index contributed by atoms with van der Waals surface area (Å²) in [6.07, 6.45) is 0. The average molecular weight is 718 g/mol. The molecule has 2 aliphatic carbocycles. The van der Waals surface area contributed by atoms with Crippen molar-refractivity contribution in [3.8, 4) is 50.2 Å². The van der Waals surface area contributed by atoms with E-state index >= 15 is 0 Å². The van der Waals surface area contributed by atoms with E-state index in [2.05, 4.69) is 196 Å². The number of fused-ring (bicyclic) bond motifs is 13. The van der Waals surface area contributed by atoms with Crippen molar-refractivity contribution in [2.45, 2.75) is 38.5 Å². The Bertz CT molecular complexity index is 3300. The minimum atomic E-state index is -0.193. The summed E-state index contributed by atoms with van der Waals surface area (Å²) in [5.41, 5.74) is 21.0. The summed E-state index contributed by atoms with van der Waals surface area (Å²) >= 11 is 0. The number of furan rings is 1. The van der Waals surface area contributed by atoms with Gasteiger partial charge < -0.3 is 8.98 Å². The van der Waals surface area contributed by atoms with E-state index in [1.807, 2.05) is 0 Å². The van der Waals surface area contributed by atoms with Crippen molar-refractivity contribution in [3.05, 3.63) is 186 Å². The van der Waals surface area contributed by atoms with Crippen molar-refractivity contribution in [1.82, 2.24) is 4.57 Å². The number of hydrogen-bond donors (Lipinski definition) is 0. The lowest BCUT2D eigenvalue weighted by atomic mass is 9.80. The topological polar surface area (TPSA) is 18.1 Å². The molecule has 2 aromatic heterocycles. The van der Waals surface area contributed by atoms with Gasteiger partial charge in [0.25, 0.3) is 0 Å². The molecule has 0 unspecified atom stereocenters. The Morgan fingerprint density at radius 2 is 0.929 bits per heavy atom. The van der Waals surface area contributed by atoms with Crippen LogP contribution in [0.15, 0.2) is 168 Å². The van der Waals surface area contributed by atoms with E-state index in [9.17, 15) is 0 Å². The van der Waals surface area contributed by atoms with Crippen molar-refractivity contribution in [1.29, 1.82) is 0 Å². The van der Waals surface area contributed by atoms with Crippen molar-refractivity contribution < 1.29 is 4.42 Å². The molecule has 56 heavy (non-hydrogen) atoms. The van der Waals surface area contributed by atoms with Gasteiger partial charge in [0.05, 0.1) is 11.0 Å². The van der Waals surface area contributed by atoms with E-state index in [1.54, 1.807) is 0 Å². The van der Waals surface area contributed by atoms with Crippen LogP contribution in [0.5, 0.6) is 0 Å². The fourth-order valence-corrected chi connectivity index (χ4v) is 10.4. The van der Waals surface area contributed by atoms with Crippen LogP contribution in [-0.2, 0) is 10.8 Å². The maximum atomic E-state index is 6.35. The second kappa shape index (κ2) is 11.0. The van der Waals surface area contributed by atoms with E-state index in [-0.39, 0.29) is 10.8 Å². The molecule has 0 radical (unpaired) electrons. The predicted molar refractivity (Wildman–Crippen MR) is 234 cm³/mol. The van der Waals surface area contributed by atoms with Gasteiger partial charge in [-0.2, -0.15) is 0 Å². The molecule has 2 aliphatic rings. The number of nitrogens with zero attached hydrogens (tertiary/aromatic N) is 1. The van der Waals surface area contributed by atoms with Crippen LogP contribution in [0.4, 0.5) is 0 Å².